The van der Waals surface area contributed by atoms with Gasteiger partial charge in [-0.1, -0.05) is 0 Å². The van der Waals surface area contributed by atoms with Crippen LogP contribution in [0.3, 0.4) is 0 Å². The fourth-order valence-corrected chi connectivity index (χ4v) is 2.40. The summed E-state index contributed by atoms with van der Waals surface area (Å²) in [5.41, 5.74) is 1.99. The molecule has 5 nitrogen and oxygen atoms in total. The highest BCUT2D eigenvalue weighted by atomic mass is 32.2. The highest BCUT2D eigenvalue weighted by Crippen LogP contribution is 2.15. The van der Waals surface area contributed by atoms with Crippen LogP contribution in [0.4, 0.5) is 5.95 Å². The summed E-state index contributed by atoms with van der Waals surface area (Å²) in [6.07, 6.45) is 3.88. The molecule has 0 saturated heterocycles. The highest BCUT2D eigenvalue weighted by Gasteiger charge is 2.16. The third kappa shape index (κ3) is 2.76. The van der Waals surface area contributed by atoms with E-state index in [0.29, 0.717) is 5.95 Å². The molecule has 2 heterocycles. The number of aliphatic hydroxyl groups is 1. The lowest BCUT2D eigenvalue weighted by Crippen LogP contribution is -2.31. The first kappa shape index (κ1) is 13.2. The Hall–Kier alpha value is -1.27. The van der Waals surface area contributed by atoms with Gasteiger partial charge in [-0.25, -0.2) is 4.52 Å². The molecule has 0 bridgehead atoms. The first-order valence-electron chi connectivity index (χ1n) is 5.87. The smallest absolute Gasteiger partial charge is 0.243 e. The van der Waals surface area contributed by atoms with E-state index >= 15 is 0 Å². The van der Waals surface area contributed by atoms with E-state index in [9.17, 15) is 5.11 Å². The molecular weight excluding hydrogens is 248 g/mol. The molecule has 2 aromatic heterocycles. The lowest BCUT2D eigenvalue weighted by atomic mass is 10.2. The maximum atomic E-state index is 9.24. The van der Waals surface area contributed by atoms with Gasteiger partial charge in [0.2, 0.25) is 5.95 Å². The van der Waals surface area contributed by atoms with Gasteiger partial charge in [0.05, 0.1) is 6.61 Å². The number of hydrogen-bond acceptors (Lipinski definition) is 5. The second kappa shape index (κ2) is 5.58. The molecule has 0 aliphatic rings. The number of rotatable bonds is 5. The number of fused-ring (bicyclic) bond motifs is 1. The number of hydrogen-bond donors (Lipinski definition) is 2. The van der Waals surface area contributed by atoms with Gasteiger partial charge in [0, 0.05) is 17.5 Å². The second-order valence-corrected chi connectivity index (χ2v) is 5.41. The van der Waals surface area contributed by atoms with Gasteiger partial charge >= 0.3 is 0 Å². The van der Waals surface area contributed by atoms with E-state index in [0.717, 1.165) is 11.2 Å². The Kier molecular flexibility index (Phi) is 4.08. The molecule has 2 aromatic rings. The molecule has 0 aromatic carbocycles. The molecule has 0 saturated carbocycles. The van der Waals surface area contributed by atoms with E-state index in [1.807, 2.05) is 38.4 Å². The van der Waals surface area contributed by atoms with Gasteiger partial charge in [-0.2, -0.15) is 16.7 Å². The molecule has 0 aliphatic carbocycles. The van der Waals surface area contributed by atoms with Crippen molar-refractivity contribution >= 4 is 23.4 Å². The Bertz CT molecular complexity index is 524. The van der Waals surface area contributed by atoms with Crippen molar-refractivity contribution < 1.29 is 5.11 Å². The zero-order chi connectivity index (χ0) is 13.1. The third-order valence-corrected chi connectivity index (χ3v) is 4.05. The summed E-state index contributed by atoms with van der Waals surface area (Å²) < 4.78 is 1.75. The summed E-state index contributed by atoms with van der Waals surface area (Å²) in [6, 6.07) is 4.09. The summed E-state index contributed by atoms with van der Waals surface area (Å²) in [5, 5.41) is 17.0. The van der Waals surface area contributed by atoms with Gasteiger partial charge in [-0.15, -0.1) is 5.10 Å². The number of thioether (sulfide) groups is 1. The molecule has 98 valence electrons. The van der Waals surface area contributed by atoms with E-state index < -0.39 is 0 Å². The second-order valence-electron chi connectivity index (χ2n) is 4.33. The van der Waals surface area contributed by atoms with E-state index in [4.69, 9.17) is 0 Å². The Balaban J connectivity index is 2.16. The number of aryl methyl sites for hydroxylation is 1. The van der Waals surface area contributed by atoms with Crippen molar-refractivity contribution in [2.75, 3.05) is 18.2 Å². The van der Waals surface area contributed by atoms with Crippen molar-refractivity contribution in [3.8, 4) is 0 Å². The van der Waals surface area contributed by atoms with Crippen molar-refractivity contribution in [3.05, 3.63) is 23.9 Å². The maximum absolute atomic E-state index is 9.24. The van der Waals surface area contributed by atoms with Crippen LogP contribution in [0, 0.1) is 6.92 Å². The van der Waals surface area contributed by atoms with E-state index in [1.54, 1.807) is 16.3 Å². The number of nitrogens with one attached hydrogen (secondary N) is 1. The van der Waals surface area contributed by atoms with Crippen LogP contribution in [0.5, 0.6) is 0 Å². The SMILES string of the molecule is CSC(CO)C(C)Nc1nc2cc(C)ccn2n1. The minimum atomic E-state index is 0.114. The number of anilines is 1. The topological polar surface area (TPSA) is 62.5 Å². The molecule has 18 heavy (non-hydrogen) atoms. The van der Waals surface area contributed by atoms with Crippen LogP contribution in [0.25, 0.3) is 5.65 Å². The Morgan fingerprint density at radius 2 is 2.33 bits per heavy atom. The zero-order valence-corrected chi connectivity index (χ0v) is 11.6. The van der Waals surface area contributed by atoms with Crippen molar-refractivity contribution in [2.45, 2.75) is 25.1 Å². The van der Waals surface area contributed by atoms with Gasteiger partial charge in [0.1, 0.15) is 0 Å². The molecular formula is C12H18N4OS. The Morgan fingerprint density at radius 3 is 3.00 bits per heavy atom. The fourth-order valence-electron chi connectivity index (χ4n) is 1.78. The number of aromatic nitrogens is 3. The van der Waals surface area contributed by atoms with E-state index in [2.05, 4.69) is 15.4 Å². The Labute approximate surface area is 111 Å². The summed E-state index contributed by atoms with van der Waals surface area (Å²) in [5.74, 6) is 0.598. The molecule has 2 unspecified atom stereocenters. The summed E-state index contributed by atoms with van der Waals surface area (Å²) >= 11 is 1.63. The molecule has 0 amide bonds. The lowest BCUT2D eigenvalue weighted by Gasteiger charge is -2.20. The van der Waals surface area contributed by atoms with Crippen molar-refractivity contribution in [3.63, 3.8) is 0 Å². The zero-order valence-electron chi connectivity index (χ0n) is 10.8. The molecule has 2 N–H and O–H groups in total. The lowest BCUT2D eigenvalue weighted by molar-refractivity contribution is 0.288. The first-order chi connectivity index (χ1) is 8.63. The molecule has 6 heteroatoms. The van der Waals surface area contributed by atoms with Crippen LogP contribution < -0.4 is 5.32 Å². The fraction of sp³-hybridized carbons (Fsp3) is 0.500. The standard InChI is InChI=1S/C12H18N4OS/c1-8-4-5-16-11(6-8)14-12(15-16)13-9(2)10(7-17)18-3/h4-6,9-10,17H,7H2,1-3H3,(H,13,15). The first-order valence-corrected chi connectivity index (χ1v) is 7.16. The molecule has 0 spiro atoms. The Morgan fingerprint density at radius 1 is 1.56 bits per heavy atom. The minimum Gasteiger partial charge on any atom is -0.395 e. The average molecular weight is 266 g/mol. The largest absolute Gasteiger partial charge is 0.395 e. The summed E-state index contributed by atoms with van der Waals surface area (Å²) in [6.45, 7) is 4.19. The molecule has 0 radical (unpaired) electrons. The number of nitrogens with zero attached hydrogens (tertiary/aromatic N) is 3. The normalized spacial score (nSPS) is 14.7. The molecule has 0 fully saturated rings. The van der Waals surface area contributed by atoms with Gasteiger partial charge in [-0.05, 0) is 37.8 Å². The quantitative estimate of drug-likeness (QED) is 0.860. The van der Waals surface area contributed by atoms with Crippen LogP contribution in [-0.2, 0) is 0 Å². The van der Waals surface area contributed by atoms with Crippen LogP contribution in [0.2, 0.25) is 0 Å². The number of pyridine rings is 1. The van der Waals surface area contributed by atoms with Crippen LogP contribution in [0.15, 0.2) is 18.3 Å². The summed E-state index contributed by atoms with van der Waals surface area (Å²) in [4.78, 5) is 4.41. The summed E-state index contributed by atoms with van der Waals surface area (Å²) in [7, 11) is 0. The van der Waals surface area contributed by atoms with Crippen LogP contribution in [-0.4, -0.2) is 43.9 Å². The van der Waals surface area contributed by atoms with Gasteiger partial charge in [0.15, 0.2) is 5.65 Å². The maximum Gasteiger partial charge on any atom is 0.243 e. The molecule has 2 rings (SSSR count). The predicted molar refractivity (Wildman–Crippen MR) is 75.2 cm³/mol. The van der Waals surface area contributed by atoms with Crippen LogP contribution >= 0.6 is 11.8 Å². The van der Waals surface area contributed by atoms with Crippen molar-refractivity contribution in [2.24, 2.45) is 0 Å². The van der Waals surface area contributed by atoms with Crippen LogP contribution in [0.1, 0.15) is 12.5 Å². The minimum absolute atomic E-state index is 0.114. The van der Waals surface area contributed by atoms with Crippen molar-refractivity contribution in [1.82, 2.24) is 14.6 Å². The number of aliphatic hydroxyl groups excluding tert-OH is 1. The third-order valence-electron chi connectivity index (χ3n) is 2.89. The molecule has 2 atom stereocenters. The van der Waals surface area contributed by atoms with Gasteiger partial charge < -0.3 is 10.4 Å². The monoisotopic (exact) mass is 266 g/mol. The highest BCUT2D eigenvalue weighted by molar-refractivity contribution is 7.99. The van der Waals surface area contributed by atoms with E-state index in [1.165, 1.54) is 0 Å². The van der Waals surface area contributed by atoms with Crippen molar-refractivity contribution in [1.29, 1.82) is 0 Å². The van der Waals surface area contributed by atoms with Gasteiger partial charge in [-0.3, -0.25) is 0 Å². The molecule has 0 aliphatic heterocycles. The van der Waals surface area contributed by atoms with Gasteiger partial charge in [0.25, 0.3) is 0 Å². The predicted octanol–water partition coefficient (Wildman–Crippen LogP) is 1.56. The van der Waals surface area contributed by atoms with E-state index in [-0.39, 0.29) is 17.9 Å². The average Bonchev–Trinajstić information content (AvgIpc) is 2.71.